The SMILES string of the molecule is CC(=O)Nc1cc(NC(C)=O)cc(C(=O)NC2CCCc3c2cnn3Cc2ccccc2)c1. The normalized spacial score (nSPS) is 14.8. The minimum atomic E-state index is -0.275. The van der Waals surface area contributed by atoms with Gasteiger partial charge < -0.3 is 16.0 Å². The van der Waals surface area contributed by atoms with Crippen LogP contribution in [0, 0.1) is 0 Å². The van der Waals surface area contributed by atoms with Gasteiger partial charge in [-0.2, -0.15) is 5.10 Å². The van der Waals surface area contributed by atoms with Crippen molar-refractivity contribution in [2.24, 2.45) is 0 Å². The van der Waals surface area contributed by atoms with Crippen LogP contribution >= 0.6 is 0 Å². The van der Waals surface area contributed by atoms with Gasteiger partial charge in [0, 0.05) is 42.0 Å². The molecule has 3 N–H and O–H groups in total. The van der Waals surface area contributed by atoms with Crippen LogP contribution in [0.1, 0.15) is 59.9 Å². The Hall–Kier alpha value is -3.94. The first kappa shape index (κ1) is 22.3. The Balaban J connectivity index is 1.55. The lowest BCUT2D eigenvalue weighted by Gasteiger charge is -2.24. The Morgan fingerprint density at radius 3 is 2.30 bits per heavy atom. The van der Waals surface area contributed by atoms with Crippen molar-refractivity contribution in [1.29, 1.82) is 0 Å². The predicted octanol–water partition coefficient (Wildman–Crippen LogP) is 3.66. The third kappa shape index (κ3) is 5.46. The van der Waals surface area contributed by atoms with E-state index in [0.717, 1.165) is 30.5 Å². The molecular formula is C25H27N5O3. The molecule has 0 radical (unpaired) electrons. The molecular weight excluding hydrogens is 418 g/mol. The van der Waals surface area contributed by atoms with E-state index in [1.165, 1.54) is 19.4 Å². The molecule has 33 heavy (non-hydrogen) atoms. The zero-order valence-electron chi connectivity index (χ0n) is 18.7. The maximum atomic E-state index is 13.1. The number of fused-ring (bicyclic) bond motifs is 1. The van der Waals surface area contributed by atoms with Gasteiger partial charge in [-0.15, -0.1) is 0 Å². The summed E-state index contributed by atoms with van der Waals surface area (Å²) in [6, 6.07) is 14.8. The fourth-order valence-corrected chi connectivity index (χ4v) is 4.21. The van der Waals surface area contributed by atoms with Crippen LogP contribution in [0.15, 0.2) is 54.7 Å². The number of aromatic nitrogens is 2. The first-order valence-electron chi connectivity index (χ1n) is 11.0. The summed E-state index contributed by atoms with van der Waals surface area (Å²) in [6.07, 6.45) is 4.53. The number of amides is 3. The van der Waals surface area contributed by atoms with E-state index in [2.05, 4.69) is 33.2 Å². The van der Waals surface area contributed by atoms with Crippen molar-refractivity contribution in [3.05, 3.63) is 77.1 Å². The van der Waals surface area contributed by atoms with Gasteiger partial charge in [-0.3, -0.25) is 19.1 Å². The second kappa shape index (κ2) is 9.68. The number of carbonyl (C=O) groups is 3. The lowest BCUT2D eigenvalue weighted by atomic mass is 9.92. The van der Waals surface area contributed by atoms with Crippen molar-refractivity contribution in [2.45, 2.75) is 45.7 Å². The second-order valence-electron chi connectivity index (χ2n) is 8.27. The molecule has 0 bridgehead atoms. The number of carbonyl (C=O) groups excluding carboxylic acids is 3. The zero-order chi connectivity index (χ0) is 23.4. The molecule has 8 nitrogen and oxygen atoms in total. The number of rotatable bonds is 6. The summed E-state index contributed by atoms with van der Waals surface area (Å²) in [6.45, 7) is 3.47. The van der Waals surface area contributed by atoms with Crippen LogP contribution in [0.2, 0.25) is 0 Å². The lowest BCUT2D eigenvalue weighted by Crippen LogP contribution is -2.31. The highest BCUT2D eigenvalue weighted by molar-refractivity contribution is 6.00. The minimum Gasteiger partial charge on any atom is -0.345 e. The molecule has 1 aliphatic carbocycles. The minimum absolute atomic E-state index is 0.153. The monoisotopic (exact) mass is 445 g/mol. The van der Waals surface area contributed by atoms with E-state index in [-0.39, 0.29) is 23.8 Å². The molecule has 1 unspecified atom stereocenters. The van der Waals surface area contributed by atoms with Gasteiger partial charge in [0.1, 0.15) is 0 Å². The molecule has 0 fully saturated rings. The van der Waals surface area contributed by atoms with Crippen molar-refractivity contribution in [2.75, 3.05) is 10.6 Å². The average Bonchev–Trinajstić information content (AvgIpc) is 3.17. The Morgan fingerprint density at radius 2 is 1.67 bits per heavy atom. The molecule has 1 atom stereocenters. The molecule has 3 amide bonds. The maximum absolute atomic E-state index is 13.1. The van der Waals surface area contributed by atoms with E-state index in [1.807, 2.05) is 29.1 Å². The summed E-state index contributed by atoms with van der Waals surface area (Å²) >= 11 is 0. The van der Waals surface area contributed by atoms with Gasteiger partial charge in [-0.05, 0) is 43.0 Å². The predicted molar refractivity (Wildman–Crippen MR) is 126 cm³/mol. The molecule has 8 heteroatoms. The van der Waals surface area contributed by atoms with Crippen LogP contribution in [-0.2, 0) is 22.6 Å². The number of hydrogen-bond donors (Lipinski definition) is 3. The van der Waals surface area contributed by atoms with Gasteiger partial charge in [-0.1, -0.05) is 30.3 Å². The van der Waals surface area contributed by atoms with Gasteiger partial charge in [0.2, 0.25) is 11.8 Å². The molecule has 0 spiro atoms. The van der Waals surface area contributed by atoms with Crippen LogP contribution in [0.3, 0.4) is 0 Å². The Bertz CT molecular complexity index is 1150. The van der Waals surface area contributed by atoms with E-state index in [9.17, 15) is 14.4 Å². The van der Waals surface area contributed by atoms with Gasteiger partial charge in [-0.25, -0.2) is 0 Å². The van der Waals surface area contributed by atoms with Crippen molar-refractivity contribution >= 4 is 29.1 Å². The zero-order valence-corrected chi connectivity index (χ0v) is 18.7. The standard InChI is InChI=1S/C25H27N5O3/c1-16(31)27-20-11-19(12-21(13-20)28-17(2)32)25(33)29-23-9-6-10-24-22(23)14-26-30(24)15-18-7-4-3-5-8-18/h3-5,7-8,11-14,23H,6,9-10,15H2,1-2H3,(H,27,31)(H,28,32)(H,29,33). The first-order chi connectivity index (χ1) is 15.9. The van der Waals surface area contributed by atoms with Crippen LogP contribution in [0.4, 0.5) is 11.4 Å². The first-order valence-corrected chi connectivity index (χ1v) is 11.0. The van der Waals surface area contributed by atoms with Crippen LogP contribution in [0.25, 0.3) is 0 Å². The molecule has 1 heterocycles. The summed E-state index contributed by atoms with van der Waals surface area (Å²) in [5, 5.41) is 13.1. The largest absolute Gasteiger partial charge is 0.345 e. The van der Waals surface area contributed by atoms with E-state index >= 15 is 0 Å². The highest BCUT2D eigenvalue weighted by Crippen LogP contribution is 2.30. The highest BCUT2D eigenvalue weighted by Gasteiger charge is 2.26. The Kier molecular flexibility index (Phi) is 6.53. The summed E-state index contributed by atoms with van der Waals surface area (Å²) < 4.78 is 2.01. The highest BCUT2D eigenvalue weighted by atomic mass is 16.2. The van der Waals surface area contributed by atoms with Crippen LogP contribution in [-0.4, -0.2) is 27.5 Å². The fourth-order valence-electron chi connectivity index (χ4n) is 4.21. The van der Waals surface area contributed by atoms with Gasteiger partial charge in [0.25, 0.3) is 5.91 Å². The van der Waals surface area contributed by atoms with Crippen molar-refractivity contribution in [3.8, 4) is 0 Å². The topological polar surface area (TPSA) is 105 Å². The molecule has 0 aliphatic heterocycles. The van der Waals surface area contributed by atoms with Crippen molar-refractivity contribution in [3.63, 3.8) is 0 Å². The van der Waals surface area contributed by atoms with E-state index in [0.29, 0.717) is 23.5 Å². The molecule has 3 aromatic rings. The summed E-state index contributed by atoms with van der Waals surface area (Å²) in [4.78, 5) is 36.1. The number of benzene rings is 2. The van der Waals surface area contributed by atoms with E-state index < -0.39 is 0 Å². The summed E-state index contributed by atoms with van der Waals surface area (Å²) in [5.41, 5.74) is 4.59. The second-order valence-corrected chi connectivity index (χ2v) is 8.27. The number of nitrogens with zero attached hydrogens (tertiary/aromatic N) is 2. The van der Waals surface area contributed by atoms with Gasteiger partial charge >= 0.3 is 0 Å². The van der Waals surface area contributed by atoms with Crippen molar-refractivity contribution in [1.82, 2.24) is 15.1 Å². The molecule has 2 aromatic carbocycles. The van der Waals surface area contributed by atoms with Crippen molar-refractivity contribution < 1.29 is 14.4 Å². The summed E-state index contributed by atoms with van der Waals surface area (Å²) in [7, 11) is 0. The third-order valence-electron chi connectivity index (χ3n) is 5.58. The van der Waals surface area contributed by atoms with Crippen LogP contribution < -0.4 is 16.0 Å². The number of hydrogen-bond acceptors (Lipinski definition) is 4. The van der Waals surface area contributed by atoms with Gasteiger partial charge in [0.05, 0.1) is 18.8 Å². The Morgan fingerprint density at radius 1 is 1.00 bits per heavy atom. The lowest BCUT2D eigenvalue weighted by molar-refractivity contribution is -0.115. The smallest absolute Gasteiger partial charge is 0.251 e. The summed E-state index contributed by atoms with van der Waals surface area (Å²) in [5.74, 6) is -0.796. The Labute approximate surface area is 192 Å². The molecule has 4 rings (SSSR count). The van der Waals surface area contributed by atoms with E-state index in [4.69, 9.17) is 0 Å². The molecule has 1 aliphatic rings. The van der Waals surface area contributed by atoms with Crippen LogP contribution in [0.5, 0.6) is 0 Å². The third-order valence-corrected chi connectivity index (χ3v) is 5.58. The molecule has 1 aromatic heterocycles. The number of anilines is 2. The van der Waals surface area contributed by atoms with E-state index in [1.54, 1.807) is 18.2 Å². The molecule has 0 saturated carbocycles. The quantitative estimate of drug-likeness (QED) is 0.538. The average molecular weight is 446 g/mol. The van der Waals surface area contributed by atoms with Gasteiger partial charge in [0.15, 0.2) is 0 Å². The number of nitrogens with one attached hydrogen (secondary N) is 3. The molecule has 170 valence electrons. The fraction of sp³-hybridized carbons (Fsp3) is 0.280. The maximum Gasteiger partial charge on any atom is 0.251 e. The molecule has 0 saturated heterocycles.